The van der Waals surface area contributed by atoms with Crippen molar-refractivity contribution in [1.29, 1.82) is 0 Å². The Bertz CT molecular complexity index is 432. The van der Waals surface area contributed by atoms with Crippen molar-refractivity contribution >= 4 is 0 Å². The Kier molecular flexibility index (Phi) is 10.0. The molecule has 0 aromatic heterocycles. The van der Waals surface area contributed by atoms with Crippen molar-refractivity contribution < 1.29 is 9.47 Å². The van der Waals surface area contributed by atoms with Gasteiger partial charge in [-0.1, -0.05) is 70.9 Å². The number of hydrogen-bond donors (Lipinski definition) is 0. The third-order valence-corrected chi connectivity index (χ3v) is 5.54. The van der Waals surface area contributed by atoms with E-state index in [0.717, 1.165) is 30.6 Å². The molecule has 2 nitrogen and oxygen atoms in total. The normalized spacial score (nSPS) is 20.6. The highest BCUT2D eigenvalue weighted by atomic mass is 16.5. The first-order valence-corrected chi connectivity index (χ1v) is 10.6. The summed E-state index contributed by atoms with van der Waals surface area (Å²) in [6.07, 6.45) is 13.7. The minimum atomic E-state index is 0.640. The summed E-state index contributed by atoms with van der Waals surface area (Å²) >= 11 is 0. The van der Waals surface area contributed by atoms with Crippen molar-refractivity contribution in [2.75, 3.05) is 19.8 Å². The molecular weight excluding hydrogens is 308 g/mol. The van der Waals surface area contributed by atoms with Gasteiger partial charge in [0.1, 0.15) is 12.4 Å². The van der Waals surface area contributed by atoms with Gasteiger partial charge in [0.15, 0.2) is 0 Å². The van der Waals surface area contributed by atoms with Gasteiger partial charge in [0.2, 0.25) is 0 Å². The number of aryl methyl sites for hydroxylation is 1. The van der Waals surface area contributed by atoms with E-state index in [1.807, 2.05) is 0 Å². The quantitative estimate of drug-likeness (QED) is 0.406. The van der Waals surface area contributed by atoms with E-state index in [9.17, 15) is 0 Å². The molecule has 0 aliphatic heterocycles. The standard InChI is InChI=1S/C23H38O2/c1-3-5-6-20-7-9-21(10-8-20)11-12-22-13-15-23(16-14-22)25-19-18-24-17-4-2/h13-16,20-21H,3-12,17-19H2,1-2H3/t20-,21-. The first kappa shape index (κ1) is 20.3. The van der Waals surface area contributed by atoms with Crippen molar-refractivity contribution in [3.8, 4) is 5.75 Å². The van der Waals surface area contributed by atoms with E-state index in [1.165, 1.54) is 63.4 Å². The van der Waals surface area contributed by atoms with Crippen LogP contribution in [0.1, 0.15) is 77.2 Å². The maximum Gasteiger partial charge on any atom is 0.119 e. The molecule has 1 aromatic rings. The van der Waals surface area contributed by atoms with Gasteiger partial charge in [-0.3, -0.25) is 0 Å². The molecule has 2 rings (SSSR count). The van der Waals surface area contributed by atoms with Gasteiger partial charge >= 0.3 is 0 Å². The maximum absolute atomic E-state index is 5.72. The van der Waals surface area contributed by atoms with E-state index >= 15 is 0 Å². The van der Waals surface area contributed by atoms with Crippen LogP contribution >= 0.6 is 0 Å². The van der Waals surface area contributed by atoms with Crippen molar-refractivity contribution in [2.24, 2.45) is 11.8 Å². The molecule has 0 saturated heterocycles. The molecule has 0 unspecified atom stereocenters. The molecule has 25 heavy (non-hydrogen) atoms. The van der Waals surface area contributed by atoms with Gasteiger partial charge in [0.05, 0.1) is 6.61 Å². The molecular formula is C23H38O2. The highest BCUT2D eigenvalue weighted by Crippen LogP contribution is 2.34. The van der Waals surface area contributed by atoms with Gasteiger partial charge in [-0.25, -0.2) is 0 Å². The second-order valence-corrected chi connectivity index (χ2v) is 7.67. The molecule has 2 heteroatoms. The molecule has 0 amide bonds. The number of ether oxygens (including phenoxy) is 2. The molecule has 1 aliphatic rings. The summed E-state index contributed by atoms with van der Waals surface area (Å²) in [7, 11) is 0. The number of hydrogen-bond acceptors (Lipinski definition) is 2. The van der Waals surface area contributed by atoms with Gasteiger partial charge in [-0.2, -0.15) is 0 Å². The zero-order valence-electron chi connectivity index (χ0n) is 16.5. The predicted molar refractivity (Wildman–Crippen MR) is 106 cm³/mol. The SMILES string of the molecule is CCCC[C@H]1CC[C@H](CCc2ccc(OCCOCCC)cc2)CC1. The molecule has 0 N–H and O–H groups in total. The molecule has 1 fully saturated rings. The Hall–Kier alpha value is -1.02. The molecule has 1 aliphatic carbocycles. The second-order valence-electron chi connectivity index (χ2n) is 7.67. The van der Waals surface area contributed by atoms with Crippen LogP contribution in [-0.4, -0.2) is 19.8 Å². The Morgan fingerprint density at radius 1 is 0.800 bits per heavy atom. The highest BCUT2D eigenvalue weighted by Gasteiger charge is 2.20. The lowest BCUT2D eigenvalue weighted by molar-refractivity contribution is 0.101. The Labute approximate surface area is 155 Å². The van der Waals surface area contributed by atoms with Crippen molar-refractivity contribution in [1.82, 2.24) is 0 Å². The average molecular weight is 347 g/mol. The van der Waals surface area contributed by atoms with Gasteiger partial charge in [0, 0.05) is 6.61 Å². The van der Waals surface area contributed by atoms with Crippen LogP contribution in [0.15, 0.2) is 24.3 Å². The third kappa shape index (κ3) is 8.27. The summed E-state index contributed by atoms with van der Waals surface area (Å²) in [5.41, 5.74) is 1.45. The third-order valence-electron chi connectivity index (χ3n) is 5.54. The lowest BCUT2D eigenvalue weighted by Crippen LogP contribution is -2.15. The summed E-state index contributed by atoms with van der Waals surface area (Å²) < 4.78 is 11.2. The van der Waals surface area contributed by atoms with Gasteiger partial charge in [-0.05, 0) is 48.8 Å². The van der Waals surface area contributed by atoms with Crippen LogP contribution in [0.5, 0.6) is 5.75 Å². The minimum absolute atomic E-state index is 0.640. The molecule has 0 heterocycles. The molecule has 1 aromatic carbocycles. The number of unbranched alkanes of at least 4 members (excludes halogenated alkanes) is 1. The zero-order valence-corrected chi connectivity index (χ0v) is 16.5. The van der Waals surface area contributed by atoms with Crippen LogP contribution in [0.25, 0.3) is 0 Å². The zero-order chi connectivity index (χ0) is 17.7. The highest BCUT2D eigenvalue weighted by molar-refractivity contribution is 5.27. The first-order valence-electron chi connectivity index (χ1n) is 10.6. The summed E-state index contributed by atoms with van der Waals surface area (Å²) in [4.78, 5) is 0. The van der Waals surface area contributed by atoms with E-state index < -0.39 is 0 Å². The molecule has 0 bridgehead atoms. The average Bonchev–Trinajstić information content (AvgIpc) is 2.66. The fraction of sp³-hybridized carbons (Fsp3) is 0.739. The molecule has 0 radical (unpaired) electrons. The fourth-order valence-corrected chi connectivity index (χ4v) is 3.89. The summed E-state index contributed by atoms with van der Waals surface area (Å²) in [5, 5.41) is 0. The molecule has 1 saturated carbocycles. The number of rotatable bonds is 12. The van der Waals surface area contributed by atoms with Crippen molar-refractivity contribution in [3.05, 3.63) is 29.8 Å². The monoisotopic (exact) mass is 346 g/mol. The van der Waals surface area contributed by atoms with Crippen molar-refractivity contribution in [2.45, 2.75) is 78.1 Å². The lowest BCUT2D eigenvalue weighted by Gasteiger charge is -2.28. The van der Waals surface area contributed by atoms with Gasteiger partial charge in [-0.15, -0.1) is 0 Å². The van der Waals surface area contributed by atoms with Gasteiger partial charge < -0.3 is 9.47 Å². The van der Waals surface area contributed by atoms with Crippen LogP contribution in [0.2, 0.25) is 0 Å². The van der Waals surface area contributed by atoms with E-state index in [0.29, 0.717) is 13.2 Å². The number of benzene rings is 1. The molecule has 0 atom stereocenters. The summed E-state index contributed by atoms with van der Waals surface area (Å²) in [6, 6.07) is 8.68. The van der Waals surface area contributed by atoms with E-state index in [-0.39, 0.29) is 0 Å². The van der Waals surface area contributed by atoms with E-state index in [4.69, 9.17) is 9.47 Å². The Balaban J connectivity index is 1.60. The molecule has 0 spiro atoms. The smallest absolute Gasteiger partial charge is 0.119 e. The van der Waals surface area contributed by atoms with Crippen LogP contribution in [0.4, 0.5) is 0 Å². The van der Waals surface area contributed by atoms with Crippen molar-refractivity contribution in [3.63, 3.8) is 0 Å². The van der Waals surface area contributed by atoms with E-state index in [1.54, 1.807) is 0 Å². The lowest BCUT2D eigenvalue weighted by atomic mass is 9.78. The van der Waals surface area contributed by atoms with E-state index in [2.05, 4.69) is 38.1 Å². The van der Waals surface area contributed by atoms with Crippen LogP contribution in [0.3, 0.4) is 0 Å². The second kappa shape index (κ2) is 12.4. The van der Waals surface area contributed by atoms with Gasteiger partial charge in [0.25, 0.3) is 0 Å². The molecule has 142 valence electrons. The van der Waals surface area contributed by atoms with Crippen LogP contribution < -0.4 is 4.74 Å². The fourth-order valence-electron chi connectivity index (χ4n) is 3.89. The summed E-state index contributed by atoms with van der Waals surface area (Å²) in [6.45, 7) is 6.57. The predicted octanol–water partition coefficient (Wildman–Crippen LogP) is 6.42. The Morgan fingerprint density at radius 3 is 2.12 bits per heavy atom. The largest absolute Gasteiger partial charge is 0.491 e. The minimum Gasteiger partial charge on any atom is -0.491 e. The maximum atomic E-state index is 5.72. The van der Waals surface area contributed by atoms with Crippen LogP contribution in [-0.2, 0) is 11.2 Å². The topological polar surface area (TPSA) is 18.5 Å². The Morgan fingerprint density at radius 2 is 1.48 bits per heavy atom. The summed E-state index contributed by atoms with van der Waals surface area (Å²) in [5.74, 6) is 2.93. The first-order chi connectivity index (χ1) is 12.3. The van der Waals surface area contributed by atoms with Crippen LogP contribution in [0, 0.1) is 11.8 Å².